The van der Waals surface area contributed by atoms with Crippen molar-refractivity contribution in [1.82, 2.24) is 0 Å². The fourth-order valence-electron chi connectivity index (χ4n) is 2.82. The molecule has 0 heterocycles. The zero-order valence-corrected chi connectivity index (χ0v) is 30.8. The Morgan fingerprint density at radius 3 is 1.35 bits per heavy atom. The normalized spacial score (nSPS) is 9.91. The standard InChI is InChI=1S/C9H12O9.C8H10O5.C8H6O4.C5H10O2.C2H4O2.CH2O2/c1-4(10)7(15)18-9(8(16)17,2-5(11)12)3-6(13)14;1-2-3-7(11)13-8(12)5-4-6(9)10;9-7(10)5-3-1-2-4-6(5)8(11)12;1-2-3-4-5(6)7;1-2(3)4;2-1-3/h4,10H,2-3H2,1H3,(H,11,12)(H,13,14)(H,16,17);4-5H,2-3H2,1H3,(H,9,10);1-4H,(H,9,10)(H,11,12);2-4H2,1H3,(H,6,7);1H3,(H,3,4);1H,(H,2,3)/b;5-4-;;;;. The summed E-state index contributed by atoms with van der Waals surface area (Å²) in [6.45, 7) is 5.54. The molecule has 1 rings (SSSR count). The molecule has 1 atom stereocenters. The highest BCUT2D eigenvalue weighted by atomic mass is 16.6. The predicted octanol–water partition coefficient (Wildman–Crippen LogP) is 1.32. The molecule has 10 N–H and O–H groups in total. The smallest absolute Gasteiger partial charge is 0.349 e. The quantitative estimate of drug-likeness (QED) is 0.0486. The molecule has 24 heteroatoms. The zero-order chi connectivity index (χ0) is 45.9. The molecule has 0 bridgehead atoms. The maximum absolute atomic E-state index is 11.1. The van der Waals surface area contributed by atoms with Crippen LogP contribution in [0.25, 0.3) is 0 Å². The van der Waals surface area contributed by atoms with Crippen LogP contribution in [0.15, 0.2) is 36.4 Å². The Kier molecular flexibility index (Phi) is 35.8. The van der Waals surface area contributed by atoms with E-state index in [-0.39, 0.29) is 24.0 Å². The third kappa shape index (κ3) is 38.3. The minimum Gasteiger partial charge on any atom is -0.483 e. The highest BCUT2D eigenvalue weighted by Gasteiger charge is 2.47. The molecule has 0 aliphatic heterocycles. The number of rotatable bonds is 16. The molecule has 0 amide bonds. The topological polar surface area (TPSA) is 426 Å². The molecule has 57 heavy (non-hydrogen) atoms. The molecule has 0 aromatic heterocycles. The van der Waals surface area contributed by atoms with E-state index in [1.807, 2.05) is 6.92 Å². The SMILES string of the molecule is CC(=O)O.CC(O)C(=O)OC(CC(=O)O)(CC(=O)O)C(=O)O.CCCC(=O)OC(=O)/C=C\C(=O)O.CCCCC(=O)O.O=C(O)c1ccccc1C(=O)O.O=CO. The first-order chi connectivity index (χ1) is 26.2. The summed E-state index contributed by atoms with van der Waals surface area (Å²) >= 11 is 0. The Balaban J connectivity index is -0.000000206. The molecular weight excluding hydrogens is 780 g/mol. The third-order valence-electron chi connectivity index (χ3n) is 5.06. The van der Waals surface area contributed by atoms with Crippen LogP contribution in [0.3, 0.4) is 0 Å². The van der Waals surface area contributed by atoms with Gasteiger partial charge in [0, 0.05) is 31.9 Å². The predicted molar refractivity (Wildman–Crippen MR) is 185 cm³/mol. The highest BCUT2D eigenvalue weighted by Crippen LogP contribution is 2.23. The summed E-state index contributed by atoms with van der Waals surface area (Å²) in [6.07, 6.45) is -0.0525. The number of hydrogen-bond donors (Lipinski definition) is 10. The molecule has 0 spiro atoms. The number of unbranched alkanes of at least 4 members (excludes halogenated alkanes) is 1. The van der Waals surface area contributed by atoms with Gasteiger partial charge in [0.1, 0.15) is 6.10 Å². The largest absolute Gasteiger partial charge is 0.483 e. The van der Waals surface area contributed by atoms with E-state index in [4.69, 9.17) is 60.7 Å². The van der Waals surface area contributed by atoms with E-state index >= 15 is 0 Å². The van der Waals surface area contributed by atoms with Crippen molar-refractivity contribution >= 4 is 72.1 Å². The van der Waals surface area contributed by atoms with E-state index in [1.165, 1.54) is 24.3 Å². The lowest BCUT2D eigenvalue weighted by molar-refractivity contribution is -0.190. The summed E-state index contributed by atoms with van der Waals surface area (Å²) in [5, 5.41) is 82.4. The second-order valence-corrected chi connectivity index (χ2v) is 10.0. The van der Waals surface area contributed by atoms with Gasteiger partial charge in [0.25, 0.3) is 12.4 Å². The molecule has 320 valence electrons. The van der Waals surface area contributed by atoms with Crippen molar-refractivity contribution in [2.45, 2.75) is 84.3 Å². The van der Waals surface area contributed by atoms with E-state index in [2.05, 4.69) is 9.47 Å². The number of aliphatic carboxylic acids is 6. The van der Waals surface area contributed by atoms with Crippen LogP contribution >= 0.6 is 0 Å². The molecule has 0 saturated carbocycles. The van der Waals surface area contributed by atoms with Gasteiger partial charge in [-0.15, -0.1) is 0 Å². The first-order valence-corrected chi connectivity index (χ1v) is 15.5. The summed E-state index contributed by atoms with van der Waals surface area (Å²) in [6, 6.07) is 5.48. The fraction of sp³-hybridized carbons (Fsp3) is 0.394. The number of ether oxygens (including phenoxy) is 2. The number of benzene rings is 1. The van der Waals surface area contributed by atoms with Crippen molar-refractivity contribution in [3.8, 4) is 0 Å². The van der Waals surface area contributed by atoms with Gasteiger partial charge in [-0.25, -0.2) is 28.8 Å². The number of aromatic carboxylic acids is 2. The Bertz CT molecular complexity index is 1490. The lowest BCUT2D eigenvalue weighted by Crippen LogP contribution is -2.48. The van der Waals surface area contributed by atoms with Gasteiger partial charge in [-0.2, -0.15) is 0 Å². The lowest BCUT2D eigenvalue weighted by atomic mass is 9.95. The summed E-state index contributed by atoms with van der Waals surface area (Å²) in [5.74, 6) is -13.5. The Hall–Kier alpha value is -7.24. The number of aliphatic hydroxyl groups excluding tert-OH is 1. The number of aliphatic hydroxyl groups is 1. The Labute approximate surface area is 322 Å². The monoisotopic (exact) mass is 824 g/mol. The molecule has 1 aromatic rings. The highest BCUT2D eigenvalue weighted by molar-refractivity contribution is 6.01. The lowest BCUT2D eigenvalue weighted by Gasteiger charge is -2.26. The van der Waals surface area contributed by atoms with Crippen LogP contribution in [-0.4, -0.2) is 135 Å². The van der Waals surface area contributed by atoms with Crippen molar-refractivity contribution < 1.29 is 118 Å². The molecule has 0 aliphatic carbocycles. The first-order valence-electron chi connectivity index (χ1n) is 15.5. The number of carbonyl (C=O) groups is 12. The van der Waals surface area contributed by atoms with Gasteiger partial charge in [-0.1, -0.05) is 32.4 Å². The van der Waals surface area contributed by atoms with E-state index in [1.54, 1.807) is 6.92 Å². The molecule has 24 nitrogen and oxygen atoms in total. The van der Waals surface area contributed by atoms with Gasteiger partial charge in [0.05, 0.1) is 24.0 Å². The van der Waals surface area contributed by atoms with Crippen molar-refractivity contribution in [2.24, 2.45) is 0 Å². The number of esters is 3. The van der Waals surface area contributed by atoms with Gasteiger partial charge >= 0.3 is 59.7 Å². The summed E-state index contributed by atoms with van der Waals surface area (Å²) < 4.78 is 8.55. The maximum atomic E-state index is 11.1. The number of carboxylic acids is 8. The summed E-state index contributed by atoms with van der Waals surface area (Å²) in [4.78, 5) is 122. The van der Waals surface area contributed by atoms with Crippen molar-refractivity contribution in [3.05, 3.63) is 47.5 Å². The molecular formula is C33H44O24. The second-order valence-electron chi connectivity index (χ2n) is 10.0. The Morgan fingerprint density at radius 2 is 1.11 bits per heavy atom. The van der Waals surface area contributed by atoms with Crippen LogP contribution in [-0.2, 0) is 57.4 Å². The summed E-state index contributed by atoms with van der Waals surface area (Å²) in [5.41, 5.74) is -3.12. The van der Waals surface area contributed by atoms with Crippen LogP contribution in [0.1, 0.15) is 93.4 Å². The van der Waals surface area contributed by atoms with Crippen LogP contribution in [0.5, 0.6) is 0 Å². The van der Waals surface area contributed by atoms with E-state index in [0.717, 1.165) is 26.7 Å². The molecule has 0 fully saturated rings. The van der Waals surface area contributed by atoms with Gasteiger partial charge < -0.3 is 60.5 Å². The van der Waals surface area contributed by atoms with E-state index in [0.29, 0.717) is 25.0 Å². The average molecular weight is 825 g/mol. The molecule has 0 aliphatic rings. The van der Waals surface area contributed by atoms with Crippen LogP contribution < -0.4 is 0 Å². The van der Waals surface area contributed by atoms with Gasteiger partial charge in [0.2, 0.25) is 5.60 Å². The van der Waals surface area contributed by atoms with Gasteiger partial charge in [-0.05, 0) is 31.9 Å². The minimum absolute atomic E-state index is 0.145. The second kappa shape index (κ2) is 34.5. The number of carbonyl (C=O) groups excluding carboxylic acids is 3. The van der Waals surface area contributed by atoms with Crippen molar-refractivity contribution in [2.75, 3.05) is 0 Å². The van der Waals surface area contributed by atoms with Gasteiger partial charge in [0.15, 0.2) is 0 Å². The summed E-state index contributed by atoms with van der Waals surface area (Å²) in [7, 11) is 0. The third-order valence-corrected chi connectivity index (χ3v) is 5.06. The van der Waals surface area contributed by atoms with Crippen LogP contribution in [0, 0.1) is 0 Å². The number of hydrogen-bond acceptors (Lipinski definition) is 15. The average Bonchev–Trinajstić information content (AvgIpc) is 3.06. The maximum Gasteiger partial charge on any atom is 0.349 e. The molecule has 0 saturated heterocycles. The van der Waals surface area contributed by atoms with Crippen molar-refractivity contribution in [3.63, 3.8) is 0 Å². The minimum atomic E-state index is -2.74. The fourth-order valence-corrected chi connectivity index (χ4v) is 2.82. The first kappa shape index (κ1) is 59.1. The molecule has 1 unspecified atom stereocenters. The molecule has 0 radical (unpaired) electrons. The van der Waals surface area contributed by atoms with Crippen LogP contribution in [0.4, 0.5) is 0 Å². The Morgan fingerprint density at radius 1 is 0.702 bits per heavy atom. The molecule has 1 aromatic carbocycles. The van der Waals surface area contributed by atoms with Crippen molar-refractivity contribution in [1.29, 1.82) is 0 Å². The van der Waals surface area contributed by atoms with Crippen LogP contribution in [0.2, 0.25) is 0 Å². The van der Waals surface area contributed by atoms with Gasteiger partial charge in [-0.3, -0.25) is 28.8 Å². The zero-order valence-electron chi connectivity index (χ0n) is 30.8. The van der Waals surface area contributed by atoms with E-state index < -0.39 is 90.2 Å². The number of carboxylic acid groups (broad SMARTS) is 9. The van der Waals surface area contributed by atoms with E-state index in [9.17, 15) is 47.9 Å².